The molecule has 228 valence electrons. The van der Waals surface area contributed by atoms with Gasteiger partial charge in [0.05, 0.1) is 18.3 Å². The molecule has 1 fully saturated rings. The predicted molar refractivity (Wildman–Crippen MR) is 139 cm³/mol. The average molecular weight is 599 g/mol. The van der Waals surface area contributed by atoms with Gasteiger partial charge < -0.3 is 26.0 Å². The highest BCUT2D eigenvalue weighted by molar-refractivity contribution is 6.39. The van der Waals surface area contributed by atoms with Crippen LogP contribution < -0.4 is 26.0 Å². The Morgan fingerprint density at radius 3 is 2.43 bits per heavy atom. The Kier molecular flexibility index (Phi) is 12.8. The third kappa shape index (κ3) is 10.7. The molecule has 1 aliphatic rings. The van der Waals surface area contributed by atoms with Crippen LogP contribution in [0.5, 0.6) is 5.88 Å². The normalized spacial score (nSPS) is 14.9. The number of hydrogen-bond donors (Lipinski definition) is 4. The number of benzene rings is 1. The van der Waals surface area contributed by atoms with E-state index < -0.39 is 72.3 Å². The Bertz CT molecular complexity index is 1280. The van der Waals surface area contributed by atoms with Gasteiger partial charge in [0.15, 0.2) is 12.4 Å². The van der Waals surface area contributed by atoms with Crippen LogP contribution in [0.15, 0.2) is 36.5 Å². The molecule has 2 atom stereocenters. The number of para-hydroxylation sites is 1. The van der Waals surface area contributed by atoms with Crippen molar-refractivity contribution in [2.45, 2.75) is 45.3 Å². The summed E-state index contributed by atoms with van der Waals surface area (Å²) in [5.41, 5.74) is -0.256. The molecule has 2 unspecified atom stereocenters. The molecule has 0 radical (unpaired) electrons. The average Bonchev–Trinajstić information content (AvgIpc) is 3.35. The van der Waals surface area contributed by atoms with E-state index in [1.165, 1.54) is 24.6 Å². The Balaban J connectivity index is 0.00000197. The number of nitrogens with one attached hydrogen (secondary N) is 4. The van der Waals surface area contributed by atoms with Crippen molar-refractivity contribution in [2.24, 2.45) is 5.92 Å². The summed E-state index contributed by atoms with van der Waals surface area (Å²) in [6, 6.07) is 4.76. The summed E-state index contributed by atoms with van der Waals surface area (Å²) in [5, 5.41) is 8.95. The molecule has 0 spiro atoms. The van der Waals surface area contributed by atoms with Gasteiger partial charge in [0, 0.05) is 24.7 Å². The summed E-state index contributed by atoms with van der Waals surface area (Å²) in [4.78, 5) is 67.4. The second-order valence-electron chi connectivity index (χ2n) is 8.93. The van der Waals surface area contributed by atoms with Crippen LogP contribution >= 0.6 is 0 Å². The lowest BCUT2D eigenvalue weighted by molar-refractivity contribution is -0.145. The van der Waals surface area contributed by atoms with E-state index in [4.69, 9.17) is 4.74 Å². The monoisotopic (exact) mass is 598 g/mol. The highest BCUT2D eigenvalue weighted by Crippen LogP contribution is 2.26. The number of Topliss-reactive ketones (excluding diaryl/α,β-unsaturated/α-hetero) is 1. The summed E-state index contributed by atoms with van der Waals surface area (Å²) in [6.07, 6.45) is -2.58. The van der Waals surface area contributed by atoms with Crippen molar-refractivity contribution in [3.05, 3.63) is 48.2 Å². The van der Waals surface area contributed by atoms with Crippen LogP contribution in [0.3, 0.4) is 0 Å². The van der Waals surface area contributed by atoms with Gasteiger partial charge >= 0.3 is 18.0 Å². The lowest BCUT2D eigenvalue weighted by atomic mass is 9.96. The van der Waals surface area contributed by atoms with Gasteiger partial charge in [-0.15, -0.1) is 0 Å². The Hall–Kier alpha value is -4.63. The maximum atomic E-state index is 13.6. The van der Waals surface area contributed by atoms with Crippen LogP contribution in [-0.4, -0.2) is 65.1 Å². The SMILES string of the molecule is CCC.O=C(CNC(=O)C(=O)Nc1ccccc1F)NC(CC1CCNC1=O)C(=O)COc1ccnc(C(F)(F)F)n1. The van der Waals surface area contributed by atoms with Crippen molar-refractivity contribution >= 4 is 35.1 Å². The molecular formula is C26H30F4N6O6. The molecule has 1 aromatic carbocycles. The molecule has 1 aromatic heterocycles. The van der Waals surface area contributed by atoms with Crippen molar-refractivity contribution in [3.63, 3.8) is 0 Å². The number of ether oxygens (including phenoxy) is 1. The topological polar surface area (TPSA) is 168 Å². The van der Waals surface area contributed by atoms with Crippen LogP contribution in [0, 0.1) is 11.7 Å². The van der Waals surface area contributed by atoms with Gasteiger partial charge in [-0.25, -0.2) is 9.37 Å². The predicted octanol–water partition coefficient (Wildman–Crippen LogP) is 1.76. The number of ketones is 1. The van der Waals surface area contributed by atoms with E-state index in [1.807, 2.05) is 10.6 Å². The standard InChI is InChI=1S/C23H22F4N6O6.C3H8/c24-13-3-1-2-4-14(13)32-21(38)20(37)30-10-17(35)31-15(9-12-5-7-28-19(12)36)16(34)11-39-18-6-8-29-22(33-18)23(25,26)27;1-3-2/h1-4,6,8,12,15H,5,7,9-11H2,(H,28,36)(H,30,37)(H,31,35)(H,32,38);3H2,1-2H3. The second kappa shape index (κ2) is 16.0. The number of alkyl halides is 3. The molecule has 2 aromatic rings. The number of aromatic nitrogens is 2. The molecule has 0 bridgehead atoms. The van der Waals surface area contributed by atoms with Crippen LogP contribution in [0.2, 0.25) is 0 Å². The van der Waals surface area contributed by atoms with E-state index in [9.17, 15) is 41.5 Å². The van der Waals surface area contributed by atoms with Crippen LogP contribution in [0.1, 0.15) is 38.9 Å². The number of anilines is 1. The zero-order valence-corrected chi connectivity index (χ0v) is 22.7. The van der Waals surface area contributed by atoms with Crippen molar-refractivity contribution in [2.75, 3.05) is 25.0 Å². The van der Waals surface area contributed by atoms with E-state index >= 15 is 0 Å². The van der Waals surface area contributed by atoms with E-state index in [-0.39, 0.29) is 18.0 Å². The molecule has 2 heterocycles. The molecule has 4 amide bonds. The number of rotatable bonds is 10. The minimum absolute atomic E-state index is 0.154. The van der Waals surface area contributed by atoms with Gasteiger partial charge in [0.2, 0.25) is 23.5 Å². The highest BCUT2D eigenvalue weighted by atomic mass is 19.4. The van der Waals surface area contributed by atoms with Crippen molar-refractivity contribution in [1.82, 2.24) is 25.9 Å². The molecule has 1 aliphatic heterocycles. The van der Waals surface area contributed by atoms with E-state index in [2.05, 4.69) is 34.4 Å². The fraction of sp³-hybridized carbons (Fsp3) is 0.423. The van der Waals surface area contributed by atoms with E-state index in [0.29, 0.717) is 13.0 Å². The molecule has 4 N–H and O–H groups in total. The Labute approximate surface area is 238 Å². The van der Waals surface area contributed by atoms with Crippen molar-refractivity contribution < 1.29 is 46.3 Å². The lowest BCUT2D eigenvalue weighted by Gasteiger charge is -2.20. The third-order valence-corrected chi connectivity index (χ3v) is 5.39. The number of nitrogens with zero attached hydrogens (tertiary/aromatic N) is 2. The molecule has 0 saturated carbocycles. The quantitative estimate of drug-likeness (QED) is 0.237. The smallest absolute Gasteiger partial charge is 0.451 e. The number of amides is 4. The number of carbonyl (C=O) groups is 5. The van der Waals surface area contributed by atoms with E-state index in [0.717, 1.165) is 18.3 Å². The largest absolute Gasteiger partial charge is 0.469 e. The Morgan fingerprint density at radius 1 is 1.12 bits per heavy atom. The zero-order valence-electron chi connectivity index (χ0n) is 22.7. The highest BCUT2D eigenvalue weighted by Gasteiger charge is 2.35. The molecule has 12 nitrogen and oxygen atoms in total. The first kappa shape index (κ1) is 33.6. The molecule has 3 rings (SSSR count). The van der Waals surface area contributed by atoms with Gasteiger partial charge in [0.1, 0.15) is 5.82 Å². The summed E-state index contributed by atoms with van der Waals surface area (Å²) < 4.78 is 57.1. The van der Waals surface area contributed by atoms with Gasteiger partial charge in [-0.2, -0.15) is 18.2 Å². The number of carbonyl (C=O) groups excluding carboxylic acids is 5. The first-order valence-electron chi connectivity index (χ1n) is 12.8. The molecule has 0 aliphatic carbocycles. The van der Waals surface area contributed by atoms with Gasteiger partial charge in [-0.1, -0.05) is 32.4 Å². The zero-order chi connectivity index (χ0) is 31.3. The maximum Gasteiger partial charge on any atom is 0.451 e. The molecule has 42 heavy (non-hydrogen) atoms. The fourth-order valence-corrected chi connectivity index (χ4v) is 3.46. The fourth-order valence-electron chi connectivity index (χ4n) is 3.46. The van der Waals surface area contributed by atoms with E-state index in [1.54, 1.807) is 0 Å². The number of hydrogen-bond acceptors (Lipinski definition) is 8. The van der Waals surface area contributed by atoms with Crippen LogP contribution in [-0.2, 0) is 30.1 Å². The second-order valence-corrected chi connectivity index (χ2v) is 8.93. The Morgan fingerprint density at radius 2 is 1.81 bits per heavy atom. The van der Waals surface area contributed by atoms with Crippen LogP contribution in [0.25, 0.3) is 0 Å². The van der Waals surface area contributed by atoms with Crippen molar-refractivity contribution in [1.29, 1.82) is 0 Å². The van der Waals surface area contributed by atoms with Gasteiger partial charge in [-0.05, 0) is 25.0 Å². The van der Waals surface area contributed by atoms with Gasteiger partial charge in [-0.3, -0.25) is 24.0 Å². The van der Waals surface area contributed by atoms with Gasteiger partial charge in [0.25, 0.3) is 0 Å². The van der Waals surface area contributed by atoms with Crippen LogP contribution in [0.4, 0.5) is 23.2 Å². The van der Waals surface area contributed by atoms with Crippen molar-refractivity contribution in [3.8, 4) is 5.88 Å². The third-order valence-electron chi connectivity index (χ3n) is 5.39. The maximum absolute atomic E-state index is 13.6. The molecule has 16 heteroatoms. The molecule has 1 saturated heterocycles. The summed E-state index contributed by atoms with van der Waals surface area (Å²) in [6.45, 7) is 3.04. The first-order chi connectivity index (χ1) is 19.8. The lowest BCUT2D eigenvalue weighted by Crippen LogP contribution is -2.49. The summed E-state index contributed by atoms with van der Waals surface area (Å²) >= 11 is 0. The summed E-state index contributed by atoms with van der Waals surface area (Å²) in [5.74, 6) is -8.02. The molecular weight excluding hydrogens is 568 g/mol. The summed E-state index contributed by atoms with van der Waals surface area (Å²) in [7, 11) is 0. The minimum atomic E-state index is -4.84. The number of halogens is 4. The minimum Gasteiger partial charge on any atom is -0.469 e. The first-order valence-corrected chi connectivity index (χ1v) is 12.8.